The van der Waals surface area contributed by atoms with Gasteiger partial charge in [0, 0.05) is 6.54 Å². The summed E-state index contributed by atoms with van der Waals surface area (Å²) < 4.78 is 10.1. The molecule has 0 bridgehead atoms. The quantitative estimate of drug-likeness (QED) is 0.747. The third kappa shape index (κ3) is 3.61. The normalized spacial score (nSPS) is 21.4. The van der Waals surface area contributed by atoms with Gasteiger partial charge in [0.25, 0.3) is 0 Å². The smallest absolute Gasteiger partial charge is 0.323 e. The first-order valence-electron chi connectivity index (χ1n) is 7.30. The Morgan fingerprint density at radius 1 is 1.05 bits per heavy atom. The predicted octanol–water partition coefficient (Wildman–Crippen LogP) is 1.76. The molecule has 1 aliphatic heterocycles. The monoisotopic (exact) mass is 291 g/mol. The van der Waals surface area contributed by atoms with Crippen LogP contribution < -0.4 is 0 Å². The topological polar surface area (TPSA) is 55.8 Å². The van der Waals surface area contributed by atoms with E-state index in [1.165, 1.54) is 0 Å². The summed E-state index contributed by atoms with van der Waals surface area (Å²) in [7, 11) is 0. The number of hydrogen-bond acceptors (Lipinski definition) is 5. The van der Waals surface area contributed by atoms with Gasteiger partial charge in [-0.1, -0.05) is 30.3 Å². The molecule has 1 aromatic carbocycles. The number of esters is 2. The van der Waals surface area contributed by atoms with Crippen molar-refractivity contribution in [1.29, 1.82) is 0 Å². The molecule has 114 valence electrons. The predicted molar refractivity (Wildman–Crippen MR) is 77.4 cm³/mol. The van der Waals surface area contributed by atoms with Crippen molar-refractivity contribution in [3.8, 4) is 0 Å². The standard InChI is InChI=1S/C16H21NO4/c1-3-20-15(18)13-10-14(16(19)21-4-2)17(13)11-12-8-6-5-7-9-12/h5-9,13-14H,3-4,10-11H2,1-2H3. The molecule has 0 spiro atoms. The summed E-state index contributed by atoms with van der Waals surface area (Å²) in [5.74, 6) is -0.539. The lowest BCUT2D eigenvalue weighted by Gasteiger charge is -2.45. The molecule has 1 saturated heterocycles. The Kier molecular flexibility index (Phi) is 5.33. The molecule has 1 fully saturated rings. The highest BCUT2D eigenvalue weighted by atomic mass is 16.5. The van der Waals surface area contributed by atoms with Crippen molar-refractivity contribution in [2.24, 2.45) is 0 Å². The molecule has 0 amide bonds. The summed E-state index contributed by atoms with van der Waals surface area (Å²) in [6.07, 6.45) is 0.463. The van der Waals surface area contributed by atoms with Gasteiger partial charge in [0.2, 0.25) is 0 Å². The Balaban J connectivity index is 2.07. The van der Waals surface area contributed by atoms with E-state index in [0.717, 1.165) is 5.56 Å². The second-order valence-electron chi connectivity index (χ2n) is 4.93. The van der Waals surface area contributed by atoms with Gasteiger partial charge in [-0.2, -0.15) is 0 Å². The average molecular weight is 291 g/mol. The van der Waals surface area contributed by atoms with Crippen molar-refractivity contribution in [2.45, 2.75) is 38.9 Å². The van der Waals surface area contributed by atoms with Crippen LogP contribution in [0, 0.1) is 0 Å². The maximum absolute atomic E-state index is 11.9. The summed E-state index contributed by atoms with van der Waals surface area (Å²) in [5.41, 5.74) is 1.06. The molecule has 5 nitrogen and oxygen atoms in total. The van der Waals surface area contributed by atoms with Crippen LogP contribution in [0.25, 0.3) is 0 Å². The van der Waals surface area contributed by atoms with Crippen LogP contribution in [0.2, 0.25) is 0 Å². The molecule has 2 rings (SSSR count). The van der Waals surface area contributed by atoms with E-state index in [0.29, 0.717) is 26.2 Å². The molecule has 1 aliphatic rings. The highest BCUT2D eigenvalue weighted by Crippen LogP contribution is 2.30. The number of ether oxygens (including phenoxy) is 2. The lowest BCUT2D eigenvalue weighted by Crippen LogP contribution is -2.62. The summed E-state index contributed by atoms with van der Waals surface area (Å²) in [6, 6.07) is 9.04. The van der Waals surface area contributed by atoms with E-state index in [9.17, 15) is 9.59 Å². The third-order valence-corrected chi connectivity index (χ3v) is 3.57. The van der Waals surface area contributed by atoms with E-state index < -0.39 is 0 Å². The van der Waals surface area contributed by atoms with Crippen LogP contribution in [0.1, 0.15) is 25.8 Å². The lowest BCUT2D eigenvalue weighted by molar-refractivity contribution is -0.171. The van der Waals surface area contributed by atoms with E-state index in [2.05, 4.69) is 0 Å². The molecule has 1 heterocycles. The fourth-order valence-corrected chi connectivity index (χ4v) is 2.52. The highest BCUT2D eigenvalue weighted by Gasteiger charge is 2.48. The maximum Gasteiger partial charge on any atom is 0.323 e. The Morgan fingerprint density at radius 2 is 1.57 bits per heavy atom. The SMILES string of the molecule is CCOC(=O)C1CC(C(=O)OCC)N1Cc1ccccc1. The van der Waals surface area contributed by atoms with E-state index in [-0.39, 0.29) is 24.0 Å². The maximum atomic E-state index is 11.9. The van der Waals surface area contributed by atoms with Gasteiger partial charge in [-0.3, -0.25) is 14.5 Å². The molecule has 1 aromatic rings. The number of hydrogen-bond donors (Lipinski definition) is 0. The highest BCUT2D eigenvalue weighted by molar-refractivity contribution is 5.84. The molecule has 0 radical (unpaired) electrons. The van der Waals surface area contributed by atoms with E-state index in [1.54, 1.807) is 13.8 Å². The number of carbonyl (C=O) groups excluding carboxylic acids is 2. The van der Waals surface area contributed by atoms with Gasteiger partial charge in [-0.25, -0.2) is 0 Å². The van der Waals surface area contributed by atoms with Crippen molar-refractivity contribution in [3.05, 3.63) is 35.9 Å². The van der Waals surface area contributed by atoms with Crippen LogP contribution in [-0.2, 0) is 25.6 Å². The number of rotatable bonds is 6. The second-order valence-corrected chi connectivity index (χ2v) is 4.93. The minimum atomic E-state index is -0.362. The summed E-state index contributed by atoms with van der Waals surface area (Å²) in [5, 5.41) is 0. The first-order valence-corrected chi connectivity index (χ1v) is 7.30. The van der Waals surface area contributed by atoms with Gasteiger partial charge in [0.05, 0.1) is 13.2 Å². The third-order valence-electron chi connectivity index (χ3n) is 3.57. The summed E-state index contributed by atoms with van der Waals surface area (Å²) >= 11 is 0. The van der Waals surface area contributed by atoms with Crippen LogP contribution in [0.5, 0.6) is 0 Å². The van der Waals surface area contributed by atoms with Crippen LogP contribution in [-0.4, -0.2) is 42.1 Å². The number of likely N-dealkylation sites (tertiary alicyclic amines) is 1. The minimum absolute atomic E-state index is 0.269. The number of nitrogens with zero attached hydrogens (tertiary/aromatic N) is 1. The van der Waals surface area contributed by atoms with Crippen LogP contribution in [0.15, 0.2) is 30.3 Å². The van der Waals surface area contributed by atoms with Gasteiger partial charge in [-0.05, 0) is 25.8 Å². The van der Waals surface area contributed by atoms with Crippen molar-refractivity contribution in [3.63, 3.8) is 0 Å². The van der Waals surface area contributed by atoms with Crippen LogP contribution >= 0.6 is 0 Å². The summed E-state index contributed by atoms with van der Waals surface area (Å²) in [6.45, 7) is 4.78. The van der Waals surface area contributed by atoms with Crippen LogP contribution in [0.4, 0.5) is 0 Å². The zero-order valence-corrected chi connectivity index (χ0v) is 12.5. The number of benzene rings is 1. The van der Waals surface area contributed by atoms with E-state index in [4.69, 9.17) is 9.47 Å². The van der Waals surface area contributed by atoms with Gasteiger partial charge in [-0.15, -0.1) is 0 Å². The minimum Gasteiger partial charge on any atom is -0.465 e. The van der Waals surface area contributed by atoms with Crippen molar-refractivity contribution >= 4 is 11.9 Å². The summed E-state index contributed by atoms with van der Waals surface area (Å²) in [4.78, 5) is 25.7. The van der Waals surface area contributed by atoms with Gasteiger partial charge < -0.3 is 9.47 Å². The molecular formula is C16H21NO4. The van der Waals surface area contributed by atoms with Crippen molar-refractivity contribution in [2.75, 3.05) is 13.2 Å². The Bertz CT molecular complexity index is 464. The molecule has 0 aromatic heterocycles. The Hall–Kier alpha value is -1.88. The second kappa shape index (κ2) is 7.22. The van der Waals surface area contributed by atoms with Gasteiger partial charge >= 0.3 is 11.9 Å². The molecule has 21 heavy (non-hydrogen) atoms. The lowest BCUT2D eigenvalue weighted by atomic mass is 9.91. The molecule has 2 unspecified atom stereocenters. The largest absolute Gasteiger partial charge is 0.465 e. The molecule has 0 N–H and O–H groups in total. The fraction of sp³-hybridized carbons (Fsp3) is 0.500. The van der Waals surface area contributed by atoms with E-state index >= 15 is 0 Å². The van der Waals surface area contributed by atoms with Gasteiger partial charge in [0.15, 0.2) is 0 Å². The zero-order valence-electron chi connectivity index (χ0n) is 12.5. The van der Waals surface area contributed by atoms with Crippen LogP contribution in [0.3, 0.4) is 0 Å². The Labute approximate surface area is 124 Å². The zero-order chi connectivity index (χ0) is 15.2. The molecule has 2 atom stereocenters. The fourth-order valence-electron chi connectivity index (χ4n) is 2.52. The first kappa shape index (κ1) is 15.5. The van der Waals surface area contributed by atoms with Crippen molar-refractivity contribution < 1.29 is 19.1 Å². The van der Waals surface area contributed by atoms with Gasteiger partial charge in [0.1, 0.15) is 12.1 Å². The first-order chi connectivity index (χ1) is 10.2. The number of carbonyl (C=O) groups is 2. The molecule has 5 heteroatoms. The Morgan fingerprint density at radius 3 is 2.05 bits per heavy atom. The van der Waals surface area contributed by atoms with E-state index in [1.807, 2.05) is 35.2 Å². The van der Waals surface area contributed by atoms with Crippen molar-refractivity contribution in [1.82, 2.24) is 4.90 Å². The molecule has 0 aliphatic carbocycles. The molecular weight excluding hydrogens is 270 g/mol. The molecule has 0 saturated carbocycles. The average Bonchev–Trinajstić information content (AvgIpc) is 2.45.